The number of rotatable bonds is 1. The minimum atomic E-state index is -1.47. The van der Waals surface area contributed by atoms with Gasteiger partial charge in [0.1, 0.15) is 0 Å². The lowest BCUT2D eigenvalue weighted by Gasteiger charge is -2.01. The minimum absolute atomic E-state index is 0.417. The van der Waals surface area contributed by atoms with Crippen molar-refractivity contribution in [2.45, 2.75) is 0 Å². The lowest BCUT2D eigenvalue weighted by Crippen LogP contribution is -2.29. The van der Waals surface area contributed by atoms with Gasteiger partial charge >= 0.3 is 7.12 Å². The first kappa shape index (κ1) is 9.98. The van der Waals surface area contributed by atoms with Crippen molar-refractivity contribution in [2.24, 2.45) is 0 Å². The van der Waals surface area contributed by atoms with Gasteiger partial charge in [0.25, 0.3) is 0 Å². The Morgan fingerprint density at radius 1 is 1.29 bits per heavy atom. The van der Waals surface area contributed by atoms with E-state index in [-0.39, 0.29) is 0 Å². The van der Waals surface area contributed by atoms with Gasteiger partial charge in [-0.3, -0.25) is 0 Å². The van der Waals surface area contributed by atoms with Crippen LogP contribution in [-0.4, -0.2) is 17.2 Å². The smallest absolute Gasteiger partial charge is 0.423 e. The molecule has 0 bridgehead atoms. The summed E-state index contributed by atoms with van der Waals surface area (Å²) in [6, 6.07) is 5.20. The standard InChI is InChI=1S/C8H7BBrNO2S/c10-7-2-4-1-5(9(12)13)3-6(11)8(4)14-7/h1-3,12-13H,11H2. The predicted octanol–water partition coefficient (Wildman–Crippen LogP) is 0.926. The normalized spacial score (nSPS) is 10.8. The maximum Gasteiger partial charge on any atom is 0.488 e. The fraction of sp³-hybridized carbons (Fsp3) is 0. The summed E-state index contributed by atoms with van der Waals surface area (Å²) in [5, 5.41) is 18.9. The highest BCUT2D eigenvalue weighted by molar-refractivity contribution is 9.11. The first-order chi connectivity index (χ1) is 6.58. The topological polar surface area (TPSA) is 66.5 Å². The fourth-order valence-corrected chi connectivity index (χ4v) is 2.85. The molecule has 0 radical (unpaired) electrons. The zero-order valence-corrected chi connectivity index (χ0v) is 9.47. The first-order valence-electron chi connectivity index (χ1n) is 3.92. The van der Waals surface area contributed by atoms with E-state index in [0.29, 0.717) is 11.2 Å². The van der Waals surface area contributed by atoms with E-state index in [1.54, 1.807) is 12.1 Å². The van der Waals surface area contributed by atoms with Crippen LogP contribution in [0.5, 0.6) is 0 Å². The van der Waals surface area contributed by atoms with Gasteiger partial charge < -0.3 is 15.8 Å². The Labute approximate surface area is 93.4 Å². The third-order valence-electron chi connectivity index (χ3n) is 1.94. The summed E-state index contributed by atoms with van der Waals surface area (Å²) in [4.78, 5) is 0. The molecule has 0 aliphatic rings. The van der Waals surface area contributed by atoms with E-state index in [9.17, 15) is 0 Å². The van der Waals surface area contributed by atoms with Crippen LogP contribution in [0.25, 0.3) is 10.1 Å². The van der Waals surface area contributed by atoms with E-state index < -0.39 is 7.12 Å². The minimum Gasteiger partial charge on any atom is -0.423 e. The van der Waals surface area contributed by atoms with Gasteiger partial charge in [-0.1, -0.05) is 6.07 Å². The molecule has 72 valence electrons. The summed E-state index contributed by atoms with van der Waals surface area (Å²) in [5.41, 5.74) is 6.76. The van der Waals surface area contributed by atoms with Crippen molar-refractivity contribution in [1.82, 2.24) is 0 Å². The van der Waals surface area contributed by atoms with Gasteiger partial charge in [-0.15, -0.1) is 11.3 Å². The van der Waals surface area contributed by atoms with Crippen LogP contribution < -0.4 is 11.2 Å². The van der Waals surface area contributed by atoms with Crippen molar-refractivity contribution < 1.29 is 10.0 Å². The first-order valence-corrected chi connectivity index (χ1v) is 5.53. The van der Waals surface area contributed by atoms with Gasteiger partial charge in [-0.05, 0) is 38.9 Å². The zero-order valence-electron chi connectivity index (χ0n) is 7.07. The van der Waals surface area contributed by atoms with Gasteiger partial charge in [0.05, 0.1) is 8.49 Å². The molecule has 0 saturated carbocycles. The summed E-state index contributed by atoms with van der Waals surface area (Å²) >= 11 is 4.89. The maximum absolute atomic E-state index is 9.01. The Morgan fingerprint density at radius 2 is 2.00 bits per heavy atom. The summed E-state index contributed by atoms with van der Waals surface area (Å²) in [6.07, 6.45) is 0. The second-order valence-corrected chi connectivity index (χ2v) is 5.38. The molecule has 0 fully saturated rings. The van der Waals surface area contributed by atoms with E-state index in [1.807, 2.05) is 6.07 Å². The number of nitrogen functional groups attached to an aromatic ring is 1. The molecule has 0 atom stereocenters. The average molecular weight is 272 g/mol. The Bertz CT molecular complexity index is 485. The van der Waals surface area contributed by atoms with Crippen LogP contribution in [0.1, 0.15) is 0 Å². The van der Waals surface area contributed by atoms with Crippen molar-refractivity contribution in [3.63, 3.8) is 0 Å². The maximum atomic E-state index is 9.01. The lowest BCUT2D eigenvalue weighted by molar-refractivity contribution is 0.426. The van der Waals surface area contributed by atoms with Gasteiger partial charge in [-0.25, -0.2) is 0 Å². The number of thiophene rings is 1. The molecule has 0 amide bonds. The van der Waals surface area contributed by atoms with Gasteiger partial charge in [-0.2, -0.15) is 0 Å². The molecule has 0 spiro atoms. The molecule has 6 heteroatoms. The molecule has 2 aromatic rings. The zero-order chi connectivity index (χ0) is 10.3. The number of hydrogen-bond donors (Lipinski definition) is 3. The van der Waals surface area contributed by atoms with Crippen LogP contribution in [-0.2, 0) is 0 Å². The second-order valence-electron chi connectivity index (χ2n) is 2.95. The van der Waals surface area contributed by atoms with Crippen molar-refractivity contribution in [3.05, 3.63) is 22.0 Å². The van der Waals surface area contributed by atoms with Crippen molar-refractivity contribution in [2.75, 3.05) is 5.73 Å². The van der Waals surface area contributed by atoms with E-state index in [1.165, 1.54) is 11.3 Å². The molecular weight excluding hydrogens is 265 g/mol. The molecule has 2 rings (SSSR count). The number of nitrogens with two attached hydrogens (primary N) is 1. The van der Waals surface area contributed by atoms with Crippen LogP contribution in [0, 0.1) is 0 Å². The summed E-state index contributed by atoms with van der Waals surface area (Å²) < 4.78 is 1.94. The SMILES string of the molecule is Nc1cc(B(O)O)cc2cc(Br)sc12. The Balaban J connectivity index is 2.71. The molecular formula is C8H7BBrNO2S. The summed E-state index contributed by atoms with van der Waals surface area (Å²) in [5.74, 6) is 0. The highest BCUT2D eigenvalue weighted by Crippen LogP contribution is 2.32. The van der Waals surface area contributed by atoms with Crippen LogP contribution in [0.4, 0.5) is 5.69 Å². The molecule has 0 saturated heterocycles. The monoisotopic (exact) mass is 271 g/mol. The van der Waals surface area contributed by atoms with Crippen molar-refractivity contribution >= 4 is 55.6 Å². The Hall–Kier alpha value is -0.555. The molecule has 14 heavy (non-hydrogen) atoms. The lowest BCUT2D eigenvalue weighted by atomic mass is 9.79. The molecule has 0 unspecified atom stereocenters. The third kappa shape index (κ3) is 1.66. The van der Waals surface area contributed by atoms with E-state index in [0.717, 1.165) is 13.9 Å². The molecule has 1 heterocycles. The average Bonchev–Trinajstić information content (AvgIpc) is 2.45. The van der Waals surface area contributed by atoms with Crippen molar-refractivity contribution in [1.29, 1.82) is 0 Å². The summed E-state index contributed by atoms with van der Waals surface area (Å²) in [7, 11) is -1.47. The van der Waals surface area contributed by atoms with Crippen LogP contribution in [0.15, 0.2) is 22.0 Å². The third-order valence-corrected chi connectivity index (χ3v) is 3.64. The Kier molecular flexibility index (Phi) is 2.53. The number of halogens is 1. The molecule has 1 aromatic heterocycles. The van der Waals surface area contributed by atoms with Gasteiger partial charge in [0, 0.05) is 5.69 Å². The molecule has 3 nitrogen and oxygen atoms in total. The van der Waals surface area contributed by atoms with Crippen LogP contribution in [0.2, 0.25) is 0 Å². The molecule has 1 aromatic carbocycles. The molecule has 0 aliphatic heterocycles. The van der Waals surface area contributed by atoms with E-state index in [2.05, 4.69) is 15.9 Å². The predicted molar refractivity (Wildman–Crippen MR) is 63.8 cm³/mol. The largest absolute Gasteiger partial charge is 0.488 e. The highest BCUT2D eigenvalue weighted by Gasteiger charge is 2.14. The fourth-order valence-electron chi connectivity index (χ4n) is 1.32. The number of anilines is 1. The highest BCUT2D eigenvalue weighted by atomic mass is 79.9. The quantitative estimate of drug-likeness (QED) is 0.534. The van der Waals surface area contributed by atoms with Gasteiger partial charge in [0.15, 0.2) is 0 Å². The second kappa shape index (κ2) is 3.54. The van der Waals surface area contributed by atoms with Crippen LogP contribution >= 0.6 is 27.3 Å². The Morgan fingerprint density at radius 3 is 2.64 bits per heavy atom. The van der Waals surface area contributed by atoms with Crippen LogP contribution in [0.3, 0.4) is 0 Å². The number of hydrogen-bond acceptors (Lipinski definition) is 4. The number of fused-ring (bicyclic) bond motifs is 1. The van der Waals surface area contributed by atoms with E-state index >= 15 is 0 Å². The molecule has 4 N–H and O–H groups in total. The van der Waals surface area contributed by atoms with E-state index in [4.69, 9.17) is 15.8 Å². The van der Waals surface area contributed by atoms with Gasteiger partial charge in [0.2, 0.25) is 0 Å². The number of benzene rings is 1. The van der Waals surface area contributed by atoms with Crippen molar-refractivity contribution in [3.8, 4) is 0 Å². The summed E-state index contributed by atoms with van der Waals surface area (Å²) in [6.45, 7) is 0. The molecule has 0 aliphatic carbocycles.